The van der Waals surface area contributed by atoms with Gasteiger partial charge < -0.3 is 0 Å². The van der Waals surface area contributed by atoms with Gasteiger partial charge in [0.15, 0.2) is 0 Å². The van der Waals surface area contributed by atoms with Crippen LogP contribution in [-0.4, -0.2) is 9.97 Å². The molecule has 0 amide bonds. The SMILES string of the molecule is Cc1nc(SCc2ccccc2C#N)c2c(C)c(C)sc2n1. The number of aryl methyl sites for hydroxylation is 3. The zero-order chi connectivity index (χ0) is 15.7. The Morgan fingerprint density at radius 2 is 1.95 bits per heavy atom. The highest BCUT2D eigenvalue weighted by atomic mass is 32.2. The molecule has 0 N–H and O–H groups in total. The lowest BCUT2D eigenvalue weighted by atomic mass is 10.1. The van der Waals surface area contributed by atoms with Gasteiger partial charge in [0.05, 0.1) is 11.6 Å². The van der Waals surface area contributed by atoms with Crippen LogP contribution in [0, 0.1) is 32.1 Å². The molecule has 22 heavy (non-hydrogen) atoms. The van der Waals surface area contributed by atoms with Crippen molar-refractivity contribution in [3.8, 4) is 6.07 Å². The molecule has 0 aliphatic heterocycles. The highest BCUT2D eigenvalue weighted by Crippen LogP contribution is 2.36. The van der Waals surface area contributed by atoms with Gasteiger partial charge in [0, 0.05) is 16.0 Å². The van der Waals surface area contributed by atoms with E-state index in [0.29, 0.717) is 0 Å². The monoisotopic (exact) mass is 325 g/mol. The van der Waals surface area contributed by atoms with E-state index in [9.17, 15) is 5.26 Å². The first kappa shape index (κ1) is 15.0. The van der Waals surface area contributed by atoms with Gasteiger partial charge in [-0.3, -0.25) is 0 Å². The van der Waals surface area contributed by atoms with Crippen LogP contribution in [-0.2, 0) is 5.75 Å². The highest BCUT2D eigenvalue weighted by molar-refractivity contribution is 7.98. The minimum absolute atomic E-state index is 0.732. The number of nitrogens with zero attached hydrogens (tertiary/aromatic N) is 3. The van der Waals surface area contributed by atoms with Crippen molar-refractivity contribution in [2.24, 2.45) is 0 Å². The molecule has 0 aliphatic rings. The largest absolute Gasteiger partial charge is 0.226 e. The first-order chi connectivity index (χ1) is 10.6. The highest BCUT2D eigenvalue weighted by Gasteiger charge is 2.14. The summed E-state index contributed by atoms with van der Waals surface area (Å²) in [7, 11) is 0. The van der Waals surface area contributed by atoms with Crippen LogP contribution in [0.15, 0.2) is 29.3 Å². The summed E-state index contributed by atoms with van der Waals surface area (Å²) in [5, 5.41) is 11.4. The molecule has 3 rings (SSSR count). The average molecular weight is 325 g/mol. The number of nitriles is 1. The maximum absolute atomic E-state index is 9.20. The van der Waals surface area contributed by atoms with Crippen LogP contribution < -0.4 is 0 Å². The third kappa shape index (κ3) is 2.72. The fourth-order valence-electron chi connectivity index (χ4n) is 2.32. The van der Waals surface area contributed by atoms with Crippen LogP contribution >= 0.6 is 23.1 Å². The Labute approximate surface area is 138 Å². The number of benzene rings is 1. The van der Waals surface area contributed by atoms with Crippen molar-refractivity contribution < 1.29 is 0 Å². The number of aromatic nitrogens is 2. The van der Waals surface area contributed by atoms with Crippen molar-refractivity contribution in [3.63, 3.8) is 0 Å². The van der Waals surface area contributed by atoms with Crippen LogP contribution in [0.4, 0.5) is 0 Å². The summed E-state index contributed by atoms with van der Waals surface area (Å²) in [5.41, 5.74) is 3.04. The number of fused-ring (bicyclic) bond motifs is 1. The standard InChI is InChI=1S/C17H15N3S2/c1-10-11(2)22-17-15(10)16(19-12(3)20-17)21-9-14-7-5-4-6-13(14)8-18/h4-7H,9H2,1-3H3. The van der Waals surface area contributed by atoms with Crippen molar-refractivity contribution >= 4 is 33.3 Å². The van der Waals surface area contributed by atoms with Crippen molar-refractivity contribution in [2.45, 2.75) is 31.6 Å². The van der Waals surface area contributed by atoms with E-state index < -0.39 is 0 Å². The average Bonchev–Trinajstić information content (AvgIpc) is 2.79. The van der Waals surface area contributed by atoms with E-state index in [-0.39, 0.29) is 0 Å². The second-order valence-corrected chi connectivity index (χ2v) is 7.26. The molecule has 0 aliphatic carbocycles. The molecule has 0 fully saturated rings. The first-order valence-electron chi connectivity index (χ1n) is 6.95. The molecule has 0 unspecified atom stereocenters. The lowest BCUT2D eigenvalue weighted by Gasteiger charge is -2.06. The lowest BCUT2D eigenvalue weighted by Crippen LogP contribution is -1.93. The zero-order valence-electron chi connectivity index (χ0n) is 12.7. The quantitative estimate of drug-likeness (QED) is 0.513. The van der Waals surface area contributed by atoms with Crippen LogP contribution in [0.1, 0.15) is 27.4 Å². The molecule has 2 aromatic heterocycles. The predicted molar refractivity (Wildman–Crippen MR) is 92.3 cm³/mol. The van der Waals surface area contributed by atoms with E-state index in [1.807, 2.05) is 31.2 Å². The van der Waals surface area contributed by atoms with Gasteiger partial charge in [-0.05, 0) is 38.0 Å². The summed E-state index contributed by atoms with van der Waals surface area (Å²) < 4.78 is 0. The lowest BCUT2D eigenvalue weighted by molar-refractivity contribution is 1.01. The van der Waals surface area contributed by atoms with Gasteiger partial charge in [-0.25, -0.2) is 9.97 Å². The smallest absolute Gasteiger partial charge is 0.128 e. The van der Waals surface area contributed by atoms with E-state index in [1.54, 1.807) is 23.1 Å². The van der Waals surface area contributed by atoms with Crippen molar-refractivity contribution in [1.29, 1.82) is 5.26 Å². The predicted octanol–water partition coefficient (Wildman–Crippen LogP) is 4.78. The Balaban J connectivity index is 1.99. The number of thioether (sulfide) groups is 1. The van der Waals surface area contributed by atoms with Gasteiger partial charge in [-0.1, -0.05) is 18.2 Å². The van der Waals surface area contributed by atoms with Crippen LogP contribution in [0.5, 0.6) is 0 Å². The van der Waals surface area contributed by atoms with Crippen LogP contribution in [0.3, 0.4) is 0 Å². The minimum atomic E-state index is 0.732. The van der Waals surface area contributed by atoms with Crippen molar-refractivity contribution in [2.75, 3.05) is 0 Å². The molecular weight excluding hydrogens is 310 g/mol. The van der Waals surface area contributed by atoms with Gasteiger partial charge in [0.2, 0.25) is 0 Å². The Hall–Kier alpha value is -1.90. The number of rotatable bonds is 3. The third-order valence-corrected chi connectivity index (χ3v) is 5.73. The molecule has 0 saturated carbocycles. The fraction of sp³-hybridized carbons (Fsp3) is 0.235. The topological polar surface area (TPSA) is 49.6 Å². The fourth-order valence-corrected chi connectivity index (χ4v) is 4.59. The second-order valence-electron chi connectivity index (χ2n) is 5.10. The summed E-state index contributed by atoms with van der Waals surface area (Å²) in [5.74, 6) is 1.54. The van der Waals surface area contributed by atoms with Crippen LogP contribution in [0.2, 0.25) is 0 Å². The molecule has 0 radical (unpaired) electrons. The molecule has 110 valence electrons. The van der Waals surface area contributed by atoms with Gasteiger partial charge in [-0.15, -0.1) is 23.1 Å². The maximum Gasteiger partial charge on any atom is 0.128 e. The molecule has 0 saturated heterocycles. The Morgan fingerprint density at radius 3 is 2.73 bits per heavy atom. The Kier molecular flexibility index (Phi) is 4.14. The molecule has 5 heteroatoms. The zero-order valence-corrected chi connectivity index (χ0v) is 14.3. The summed E-state index contributed by atoms with van der Waals surface area (Å²) in [4.78, 5) is 11.5. The van der Waals surface area contributed by atoms with E-state index in [2.05, 4.69) is 29.9 Å². The molecule has 0 spiro atoms. The van der Waals surface area contributed by atoms with E-state index in [1.165, 1.54) is 10.4 Å². The molecule has 0 atom stereocenters. The molecule has 0 bridgehead atoms. The normalized spacial score (nSPS) is 10.8. The molecule has 3 nitrogen and oxygen atoms in total. The van der Waals surface area contributed by atoms with Gasteiger partial charge >= 0.3 is 0 Å². The first-order valence-corrected chi connectivity index (χ1v) is 8.75. The van der Waals surface area contributed by atoms with Gasteiger partial charge in [0.25, 0.3) is 0 Å². The number of hydrogen-bond donors (Lipinski definition) is 0. The summed E-state index contributed by atoms with van der Waals surface area (Å²) in [6.07, 6.45) is 0. The summed E-state index contributed by atoms with van der Waals surface area (Å²) in [6, 6.07) is 9.98. The van der Waals surface area contributed by atoms with Crippen molar-refractivity contribution in [1.82, 2.24) is 9.97 Å². The summed E-state index contributed by atoms with van der Waals surface area (Å²) in [6.45, 7) is 6.17. The van der Waals surface area contributed by atoms with Gasteiger partial charge in [0.1, 0.15) is 15.7 Å². The molecule has 3 aromatic rings. The molecular formula is C17H15N3S2. The van der Waals surface area contributed by atoms with E-state index in [4.69, 9.17) is 0 Å². The van der Waals surface area contributed by atoms with E-state index >= 15 is 0 Å². The minimum Gasteiger partial charge on any atom is -0.226 e. The van der Waals surface area contributed by atoms with Crippen molar-refractivity contribution in [3.05, 3.63) is 51.7 Å². The van der Waals surface area contributed by atoms with Crippen LogP contribution in [0.25, 0.3) is 10.2 Å². The van der Waals surface area contributed by atoms with Gasteiger partial charge in [-0.2, -0.15) is 5.26 Å². The molecule has 2 heterocycles. The molecule has 1 aromatic carbocycles. The van der Waals surface area contributed by atoms with E-state index in [0.717, 1.165) is 37.9 Å². The maximum atomic E-state index is 9.20. The Bertz CT molecular complexity index is 891. The number of thiophene rings is 1. The summed E-state index contributed by atoms with van der Waals surface area (Å²) >= 11 is 3.40. The Morgan fingerprint density at radius 1 is 1.18 bits per heavy atom. The number of hydrogen-bond acceptors (Lipinski definition) is 5. The third-order valence-electron chi connectivity index (χ3n) is 3.61. The second kappa shape index (κ2) is 6.07.